The summed E-state index contributed by atoms with van der Waals surface area (Å²) in [5, 5.41) is 5.63. The summed E-state index contributed by atoms with van der Waals surface area (Å²) in [6, 6.07) is 2.22. The second kappa shape index (κ2) is 4.64. The van der Waals surface area contributed by atoms with E-state index in [0.717, 1.165) is 26.1 Å². The lowest BCUT2D eigenvalue weighted by Crippen LogP contribution is -2.41. The first-order valence-corrected chi connectivity index (χ1v) is 6.56. The predicted molar refractivity (Wildman–Crippen MR) is 64.5 cm³/mol. The SMILES string of the molecule is CCCNC[C@@]1(C)OCCc2sccc21. The molecule has 1 N–H and O–H groups in total. The Kier molecular flexibility index (Phi) is 3.44. The largest absolute Gasteiger partial charge is 0.369 e. The summed E-state index contributed by atoms with van der Waals surface area (Å²) in [5.74, 6) is 0. The van der Waals surface area contributed by atoms with E-state index in [0.29, 0.717) is 0 Å². The molecule has 15 heavy (non-hydrogen) atoms. The predicted octanol–water partition coefficient (Wildman–Crippen LogP) is 2.54. The minimum atomic E-state index is -0.108. The van der Waals surface area contributed by atoms with Crippen LogP contribution >= 0.6 is 11.3 Å². The first kappa shape index (κ1) is 11.1. The molecule has 1 aromatic rings. The zero-order valence-corrected chi connectivity index (χ0v) is 10.3. The van der Waals surface area contributed by atoms with Crippen molar-refractivity contribution < 1.29 is 4.74 Å². The molecule has 1 aromatic heterocycles. The van der Waals surface area contributed by atoms with Crippen molar-refractivity contribution in [1.29, 1.82) is 0 Å². The van der Waals surface area contributed by atoms with Gasteiger partial charge in [0.25, 0.3) is 0 Å². The number of fused-ring (bicyclic) bond motifs is 1. The molecular weight excluding hydrogens is 206 g/mol. The van der Waals surface area contributed by atoms with Gasteiger partial charge in [-0.3, -0.25) is 0 Å². The maximum absolute atomic E-state index is 5.94. The van der Waals surface area contributed by atoms with Crippen LogP contribution in [-0.4, -0.2) is 19.7 Å². The Labute approximate surface area is 95.6 Å². The van der Waals surface area contributed by atoms with Crippen molar-refractivity contribution in [3.8, 4) is 0 Å². The molecule has 0 radical (unpaired) electrons. The number of thiophene rings is 1. The fourth-order valence-electron chi connectivity index (χ4n) is 2.10. The fraction of sp³-hybridized carbons (Fsp3) is 0.667. The highest BCUT2D eigenvalue weighted by molar-refractivity contribution is 7.10. The third-order valence-electron chi connectivity index (χ3n) is 2.95. The van der Waals surface area contributed by atoms with Crippen LogP contribution in [0.5, 0.6) is 0 Å². The average Bonchev–Trinajstić information content (AvgIpc) is 2.68. The zero-order valence-electron chi connectivity index (χ0n) is 9.51. The molecule has 0 amide bonds. The fourth-order valence-corrected chi connectivity index (χ4v) is 3.08. The molecule has 0 bridgehead atoms. The van der Waals surface area contributed by atoms with Crippen molar-refractivity contribution in [2.75, 3.05) is 19.7 Å². The number of rotatable bonds is 4. The Morgan fingerprint density at radius 1 is 1.60 bits per heavy atom. The van der Waals surface area contributed by atoms with Gasteiger partial charge in [0, 0.05) is 17.8 Å². The molecule has 0 aromatic carbocycles. The molecule has 0 unspecified atom stereocenters. The Bertz CT molecular complexity index is 323. The van der Waals surface area contributed by atoms with Crippen LogP contribution in [0.15, 0.2) is 11.4 Å². The molecule has 1 aliphatic heterocycles. The highest BCUT2D eigenvalue weighted by Gasteiger charge is 2.33. The Morgan fingerprint density at radius 3 is 3.27 bits per heavy atom. The average molecular weight is 225 g/mol. The Morgan fingerprint density at radius 2 is 2.47 bits per heavy atom. The first-order chi connectivity index (χ1) is 7.26. The standard InChI is InChI=1S/C12H19NOS/c1-3-6-13-9-12(2)10-5-8-15-11(10)4-7-14-12/h5,8,13H,3-4,6-7,9H2,1-2H3/t12-/m1/s1. The third kappa shape index (κ3) is 2.25. The van der Waals surface area contributed by atoms with Crippen molar-refractivity contribution in [1.82, 2.24) is 5.32 Å². The van der Waals surface area contributed by atoms with Crippen LogP contribution < -0.4 is 5.32 Å². The summed E-state index contributed by atoms with van der Waals surface area (Å²) in [5.41, 5.74) is 1.28. The molecule has 0 spiro atoms. The first-order valence-electron chi connectivity index (χ1n) is 5.68. The number of hydrogen-bond donors (Lipinski definition) is 1. The molecule has 2 rings (SSSR count). The summed E-state index contributed by atoms with van der Waals surface area (Å²) < 4.78 is 5.94. The van der Waals surface area contributed by atoms with Crippen molar-refractivity contribution in [3.05, 3.63) is 21.9 Å². The maximum atomic E-state index is 5.94. The zero-order chi connectivity index (χ0) is 10.7. The van der Waals surface area contributed by atoms with E-state index in [-0.39, 0.29) is 5.60 Å². The summed E-state index contributed by atoms with van der Waals surface area (Å²) in [6.07, 6.45) is 2.25. The summed E-state index contributed by atoms with van der Waals surface area (Å²) in [7, 11) is 0. The third-order valence-corrected chi connectivity index (χ3v) is 3.93. The molecule has 2 heterocycles. The van der Waals surface area contributed by atoms with Gasteiger partial charge in [0.05, 0.1) is 6.61 Å². The Hall–Kier alpha value is -0.380. The highest BCUT2D eigenvalue weighted by Crippen LogP contribution is 2.35. The van der Waals surface area contributed by atoms with Crippen LogP contribution in [0.25, 0.3) is 0 Å². The molecule has 0 fully saturated rings. The van der Waals surface area contributed by atoms with Crippen molar-refractivity contribution in [2.45, 2.75) is 32.3 Å². The molecule has 84 valence electrons. The molecular formula is C12H19NOS. The topological polar surface area (TPSA) is 21.3 Å². The summed E-state index contributed by atoms with van der Waals surface area (Å²) >= 11 is 1.86. The van der Waals surface area contributed by atoms with Gasteiger partial charge in [-0.1, -0.05) is 6.92 Å². The van der Waals surface area contributed by atoms with Crippen molar-refractivity contribution in [3.63, 3.8) is 0 Å². The van der Waals surface area contributed by atoms with Gasteiger partial charge in [-0.25, -0.2) is 0 Å². The van der Waals surface area contributed by atoms with Gasteiger partial charge in [0.15, 0.2) is 0 Å². The lowest BCUT2D eigenvalue weighted by atomic mass is 9.93. The molecule has 1 aliphatic rings. The van der Waals surface area contributed by atoms with E-state index in [1.165, 1.54) is 16.9 Å². The van der Waals surface area contributed by atoms with E-state index in [1.807, 2.05) is 11.3 Å². The molecule has 0 saturated carbocycles. The van der Waals surface area contributed by atoms with Crippen molar-refractivity contribution >= 4 is 11.3 Å². The molecule has 3 heteroatoms. The van der Waals surface area contributed by atoms with Gasteiger partial charge in [-0.05, 0) is 36.9 Å². The minimum absolute atomic E-state index is 0.108. The second-order valence-corrected chi connectivity index (χ2v) is 5.26. The van der Waals surface area contributed by atoms with E-state index in [1.54, 1.807) is 0 Å². The molecule has 1 atom stereocenters. The number of nitrogens with one attached hydrogen (secondary N) is 1. The van der Waals surface area contributed by atoms with Gasteiger partial charge in [-0.2, -0.15) is 0 Å². The van der Waals surface area contributed by atoms with Crippen LogP contribution in [0.4, 0.5) is 0 Å². The number of ether oxygens (including phenoxy) is 1. The normalized spacial score (nSPS) is 25.2. The lowest BCUT2D eigenvalue weighted by molar-refractivity contribution is -0.0435. The molecule has 0 saturated heterocycles. The maximum Gasteiger partial charge on any atom is 0.104 e. The van der Waals surface area contributed by atoms with Gasteiger partial charge in [0.2, 0.25) is 0 Å². The Balaban J connectivity index is 2.09. The van der Waals surface area contributed by atoms with Crippen LogP contribution in [0, 0.1) is 0 Å². The van der Waals surface area contributed by atoms with Crippen LogP contribution in [-0.2, 0) is 16.8 Å². The molecule has 2 nitrogen and oxygen atoms in total. The van der Waals surface area contributed by atoms with E-state index >= 15 is 0 Å². The summed E-state index contributed by atoms with van der Waals surface area (Å²) in [6.45, 7) is 7.23. The lowest BCUT2D eigenvalue weighted by Gasteiger charge is -2.34. The smallest absolute Gasteiger partial charge is 0.104 e. The van der Waals surface area contributed by atoms with Gasteiger partial charge in [0.1, 0.15) is 5.60 Å². The van der Waals surface area contributed by atoms with Crippen LogP contribution in [0.1, 0.15) is 30.7 Å². The molecule has 0 aliphatic carbocycles. The van der Waals surface area contributed by atoms with E-state index in [9.17, 15) is 0 Å². The van der Waals surface area contributed by atoms with E-state index in [2.05, 4.69) is 30.6 Å². The van der Waals surface area contributed by atoms with Gasteiger partial charge >= 0.3 is 0 Å². The highest BCUT2D eigenvalue weighted by atomic mass is 32.1. The van der Waals surface area contributed by atoms with Crippen LogP contribution in [0.3, 0.4) is 0 Å². The summed E-state index contributed by atoms with van der Waals surface area (Å²) in [4.78, 5) is 1.50. The van der Waals surface area contributed by atoms with Gasteiger partial charge in [-0.15, -0.1) is 11.3 Å². The monoisotopic (exact) mass is 225 g/mol. The van der Waals surface area contributed by atoms with E-state index in [4.69, 9.17) is 4.74 Å². The number of hydrogen-bond acceptors (Lipinski definition) is 3. The van der Waals surface area contributed by atoms with E-state index < -0.39 is 0 Å². The van der Waals surface area contributed by atoms with Gasteiger partial charge < -0.3 is 10.1 Å². The minimum Gasteiger partial charge on any atom is -0.369 e. The second-order valence-electron chi connectivity index (χ2n) is 4.26. The van der Waals surface area contributed by atoms with Crippen molar-refractivity contribution in [2.24, 2.45) is 0 Å². The van der Waals surface area contributed by atoms with Crippen LogP contribution in [0.2, 0.25) is 0 Å². The quantitative estimate of drug-likeness (QED) is 0.795.